The van der Waals surface area contributed by atoms with Gasteiger partial charge in [0.2, 0.25) is 0 Å². The zero-order chi connectivity index (χ0) is 9.53. The molecule has 1 spiro atoms. The van der Waals surface area contributed by atoms with E-state index in [-0.39, 0.29) is 5.78 Å². The smallest absolute Gasteiger partial charge is 0.187 e. The lowest BCUT2D eigenvalue weighted by molar-refractivity contribution is -0.226. The predicted molar refractivity (Wildman–Crippen MR) is 47.1 cm³/mol. The Morgan fingerprint density at radius 3 is 2.69 bits per heavy atom. The van der Waals surface area contributed by atoms with Crippen molar-refractivity contribution in [3.63, 3.8) is 0 Å². The highest BCUT2D eigenvalue weighted by Gasteiger charge is 2.47. The number of carbonyl (C=O) groups excluding carboxylic acids is 1. The summed E-state index contributed by atoms with van der Waals surface area (Å²) < 4.78 is 5.45. The molecule has 0 aromatic heterocycles. The molecule has 13 heavy (non-hydrogen) atoms. The molecule has 1 atom stereocenters. The summed E-state index contributed by atoms with van der Waals surface area (Å²) in [4.78, 5) is 11.6. The summed E-state index contributed by atoms with van der Waals surface area (Å²) in [7, 11) is 0. The summed E-state index contributed by atoms with van der Waals surface area (Å²) in [5.41, 5.74) is -0.710. The number of rotatable bonds is 0. The van der Waals surface area contributed by atoms with Crippen LogP contribution in [-0.4, -0.2) is 22.3 Å². The van der Waals surface area contributed by atoms with Crippen LogP contribution in [-0.2, 0) is 9.53 Å². The lowest BCUT2D eigenvalue weighted by atomic mass is 9.92. The summed E-state index contributed by atoms with van der Waals surface area (Å²) in [6, 6.07) is 0. The van der Waals surface area contributed by atoms with Crippen LogP contribution in [0.5, 0.6) is 0 Å². The van der Waals surface area contributed by atoms with Crippen molar-refractivity contribution in [2.24, 2.45) is 0 Å². The van der Waals surface area contributed by atoms with Crippen molar-refractivity contribution in [1.29, 1.82) is 0 Å². The molecule has 1 saturated carbocycles. The molecule has 72 valence electrons. The van der Waals surface area contributed by atoms with Gasteiger partial charge in [-0.05, 0) is 44.8 Å². The van der Waals surface area contributed by atoms with E-state index in [1.807, 2.05) is 0 Å². The van der Waals surface area contributed by atoms with E-state index in [1.54, 1.807) is 6.92 Å². The van der Waals surface area contributed by atoms with Crippen LogP contribution in [0.1, 0.15) is 32.6 Å². The van der Waals surface area contributed by atoms with Crippen molar-refractivity contribution in [1.82, 2.24) is 0 Å². The minimum atomic E-state index is -1.27. The van der Waals surface area contributed by atoms with Gasteiger partial charge in [-0.2, -0.15) is 0 Å². The van der Waals surface area contributed by atoms with Crippen molar-refractivity contribution >= 4 is 5.78 Å². The van der Waals surface area contributed by atoms with Crippen LogP contribution in [0, 0.1) is 0 Å². The Kier molecular flexibility index (Phi) is 1.82. The highest BCUT2D eigenvalue weighted by Crippen LogP contribution is 2.39. The van der Waals surface area contributed by atoms with Gasteiger partial charge in [0.1, 0.15) is 5.60 Å². The minimum Gasteiger partial charge on any atom is -0.362 e. The Bertz CT molecular complexity index is 259. The number of ketones is 1. The lowest BCUT2D eigenvalue weighted by Gasteiger charge is -2.37. The van der Waals surface area contributed by atoms with E-state index in [1.165, 1.54) is 12.2 Å². The summed E-state index contributed by atoms with van der Waals surface area (Å²) in [6.45, 7) is 1.57. The third-order valence-corrected chi connectivity index (χ3v) is 2.81. The van der Waals surface area contributed by atoms with E-state index in [2.05, 4.69) is 0 Å². The van der Waals surface area contributed by atoms with Crippen LogP contribution >= 0.6 is 0 Å². The maximum atomic E-state index is 11.6. The first-order valence-electron chi connectivity index (χ1n) is 4.70. The molecule has 0 aromatic carbocycles. The largest absolute Gasteiger partial charge is 0.362 e. The molecule has 0 aromatic rings. The highest BCUT2D eigenvalue weighted by molar-refractivity contribution is 5.98. The average Bonchev–Trinajstić information content (AvgIpc) is 2.47. The van der Waals surface area contributed by atoms with Crippen molar-refractivity contribution in [2.45, 2.75) is 44.0 Å². The fourth-order valence-corrected chi connectivity index (χ4v) is 2.16. The van der Waals surface area contributed by atoms with Crippen LogP contribution in [0.25, 0.3) is 0 Å². The highest BCUT2D eigenvalue weighted by atomic mass is 16.6. The Morgan fingerprint density at radius 2 is 2.08 bits per heavy atom. The number of ether oxygens (including phenoxy) is 1. The molecule has 1 aliphatic heterocycles. The average molecular weight is 182 g/mol. The van der Waals surface area contributed by atoms with Crippen LogP contribution in [0.3, 0.4) is 0 Å². The fourth-order valence-electron chi connectivity index (χ4n) is 2.16. The number of carbonyl (C=O) groups is 1. The molecule has 1 N–H and O–H groups in total. The summed E-state index contributed by atoms with van der Waals surface area (Å²) in [5, 5.41) is 9.66. The molecule has 0 radical (unpaired) electrons. The van der Waals surface area contributed by atoms with E-state index in [4.69, 9.17) is 4.74 Å². The molecule has 2 rings (SSSR count). The van der Waals surface area contributed by atoms with Crippen LogP contribution in [0.15, 0.2) is 12.2 Å². The maximum Gasteiger partial charge on any atom is 0.187 e. The fraction of sp³-hybridized carbons (Fsp3) is 0.700. The second kappa shape index (κ2) is 2.66. The van der Waals surface area contributed by atoms with E-state index in [0.29, 0.717) is 0 Å². The van der Waals surface area contributed by atoms with E-state index in [0.717, 1.165) is 25.7 Å². The van der Waals surface area contributed by atoms with Gasteiger partial charge in [-0.15, -0.1) is 0 Å². The topological polar surface area (TPSA) is 46.5 Å². The van der Waals surface area contributed by atoms with Gasteiger partial charge in [0, 0.05) is 0 Å². The third-order valence-electron chi connectivity index (χ3n) is 2.81. The Labute approximate surface area is 77.4 Å². The summed E-state index contributed by atoms with van der Waals surface area (Å²) in [6.07, 6.45) is 6.37. The summed E-state index contributed by atoms with van der Waals surface area (Å²) in [5.74, 6) is -1.25. The predicted octanol–water partition coefficient (Wildman–Crippen LogP) is 1.16. The van der Waals surface area contributed by atoms with Crippen molar-refractivity contribution < 1.29 is 14.6 Å². The maximum absolute atomic E-state index is 11.6. The first-order valence-corrected chi connectivity index (χ1v) is 4.70. The SMILES string of the molecule is C[C@@]1(O)C=CC(=O)C2(CCCC2)O1. The molecule has 1 aliphatic carbocycles. The number of hydrogen-bond acceptors (Lipinski definition) is 3. The van der Waals surface area contributed by atoms with E-state index < -0.39 is 11.4 Å². The molecule has 0 unspecified atom stereocenters. The van der Waals surface area contributed by atoms with Gasteiger partial charge in [0.15, 0.2) is 11.6 Å². The second-order valence-electron chi connectivity index (χ2n) is 4.06. The summed E-state index contributed by atoms with van der Waals surface area (Å²) >= 11 is 0. The zero-order valence-corrected chi connectivity index (χ0v) is 7.75. The van der Waals surface area contributed by atoms with Gasteiger partial charge in [-0.3, -0.25) is 4.79 Å². The monoisotopic (exact) mass is 182 g/mol. The normalized spacial score (nSPS) is 37.2. The molecule has 2 aliphatic rings. The van der Waals surface area contributed by atoms with Crippen LogP contribution < -0.4 is 0 Å². The first kappa shape index (κ1) is 8.91. The standard InChI is InChI=1S/C10H14O3/c1-9(12)7-4-8(11)10(13-9)5-2-3-6-10/h4,7,12H,2-3,5-6H2,1H3/t9-/m0/s1. The molecular formula is C10H14O3. The minimum absolute atomic E-state index is 0.0107. The quantitative estimate of drug-likeness (QED) is 0.611. The van der Waals surface area contributed by atoms with Crippen molar-refractivity contribution in [3.05, 3.63) is 12.2 Å². The van der Waals surface area contributed by atoms with Crippen molar-refractivity contribution in [2.75, 3.05) is 0 Å². The van der Waals surface area contributed by atoms with Crippen molar-refractivity contribution in [3.8, 4) is 0 Å². The first-order chi connectivity index (χ1) is 6.04. The molecule has 0 bridgehead atoms. The van der Waals surface area contributed by atoms with Gasteiger partial charge in [-0.25, -0.2) is 0 Å². The molecule has 1 fully saturated rings. The van der Waals surface area contributed by atoms with Crippen LogP contribution in [0.4, 0.5) is 0 Å². The Morgan fingerprint density at radius 1 is 1.46 bits per heavy atom. The van der Waals surface area contributed by atoms with Gasteiger partial charge in [-0.1, -0.05) is 0 Å². The van der Waals surface area contributed by atoms with E-state index in [9.17, 15) is 9.90 Å². The molecular weight excluding hydrogens is 168 g/mol. The molecule has 3 nitrogen and oxygen atoms in total. The molecule has 1 heterocycles. The molecule has 0 saturated heterocycles. The zero-order valence-electron chi connectivity index (χ0n) is 7.75. The number of aliphatic hydroxyl groups is 1. The lowest BCUT2D eigenvalue weighted by Crippen LogP contribution is -2.48. The third kappa shape index (κ3) is 1.42. The Balaban J connectivity index is 2.30. The van der Waals surface area contributed by atoms with Crippen LogP contribution in [0.2, 0.25) is 0 Å². The molecule has 0 amide bonds. The number of hydrogen-bond donors (Lipinski definition) is 1. The van der Waals surface area contributed by atoms with E-state index >= 15 is 0 Å². The second-order valence-corrected chi connectivity index (χ2v) is 4.06. The van der Waals surface area contributed by atoms with Gasteiger partial charge >= 0.3 is 0 Å². The molecule has 3 heteroatoms. The Hall–Kier alpha value is -0.670. The van der Waals surface area contributed by atoms with Gasteiger partial charge in [0.05, 0.1) is 0 Å². The van der Waals surface area contributed by atoms with Gasteiger partial charge in [0.25, 0.3) is 0 Å². The van der Waals surface area contributed by atoms with Gasteiger partial charge < -0.3 is 9.84 Å².